The summed E-state index contributed by atoms with van der Waals surface area (Å²) in [5.41, 5.74) is 0. The Hall–Kier alpha value is 1.06. The van der Waals surface area contributed by atoms with E-state index in [2.05, 4.69) is 0 Å². The molecule has 44 valence electrons. The van der Waals surface area contributed by atoms with Crippen LogP contribution in [-0.4, -0.2) is 6.10 Å². The minimum atomic E-state index is 0.645. The van der Waals surface area contributed by atoms with E-state index in [1.54, 1.807) is 0 Å². The zero-order valence-corrected chi connectivity index (χ0v) is 7.94. The molecule has 0 radical (unpaired) electrons. The van der Waals surface area contributed by atoms with Gasteiger partial charge in [-0.3, -0.25) is 0 Å². The fraction of sp³-hybridized carbons (Fsp3) is 1.00. The summed E-state index contributed by atoms with van der Waals surface area (Å²) in [6, 6.07) is 0. The summed E-state index contributed by atoms with van der Waals surface area (Å²) < 4.78 is 5.32. The maximum atomic E-state index is 5.32. The minimum absolute atomic E-state index is 0.645. The molecule has 0 aromatic carbocycles. The van der Waals surface area contributed by atoms with Crippen molar-refractivity contribution in [1.82, 2.24) is 0 Å². The first-order valence-corrected chi connectivity index (χ1v) is 4.45. The third kappa shape index (κ3) is 2.12. The third-order valence-corrected chi connectivity index (χ3v) is 2.69. The van der Waals surface area contributed by atoms with E-state index in [-0.39, 0.29) is 0 Å². The maximum absolute atomic E-state index is 5.32. The van der Waals surface area contributed by atoms with E-state index in [4.69, 9.17) is 2.05 Å². The van der Waals surface area contributed by atoms with Crippen molar-refractivity contribution in [3.05, 3.63) is 0 Å². The average molecular weight is 188 g/mol. The third-order valence-electron chi connectivity index (χ3n) is 1.74. The predicted molar refractivity (Wildman–Crippen MR) is 28.0 cm³/mol. The van der Waals surface area contributed by atoms with Crippen molar-refractivity contribution in [2.75, 3.05) is 0 Å². The van der Waals surface area contributed by atoms with Gasteiger partial charge in [-0.1, -0.05) is 0 Å². The Bertz CT molecular complexity index is 59.5. The fourth-order valence-corrected chi connectivity index (χ4v) is 1.87. The molecule has 1 rings (SSSR count). The van der Waals surface area contributed by atoms with Gasteiger partial charge in [0.15, 0.2) is 0 Å². The molecule has 1 fully saturated rings. The summed E-state index contributed by atoms with van der Waals surface area (Å²) in [4.78, 5) is 0. The van der Waals surface area contributed by atoms with Crippen LogP contribution < -0.4 is 0 Å². The van der Waals surface area contributed by atoms with Crippen molar-refractivity contribution >= 4 is 0 Å². The van der Waals surface area contributed by atoms with Gasteiger partial charge in [0.2, 0.25) is 0 Å². The second kappa shape index (κ2) is 3.97. The summed E-state index contributed by atoms with van der Waals surface area (Å²) in [5.74, 6) is 0. The van der Waals surface area contributed by atoms with Crippen LogP contribution in [0.4, 0.5) is 0 Å². The summed E-state index contributed by atoms with van der Waals surface area (Å²) in [5, 5.41) is 0. The molecular formula is C6H11OY. The molecule has 0 spiro atoms. The van der Waals surface area contributed by atoms with Gasteiger partial charge in [0.1, 0.15) is 0 Å². The Morgan fingerprint density at radius 2 is 1.75 bits per heavy atom. The molecule has 0 unspecified atom stereocenters. The Morgan fingerprint density at radius 1 is 1.12 bits per heavy atom. The van der Waals surface area contributed by atoms with Crippen molar-refractivity contribution in [2.24, 2.45) is 0 Å². The first-order valence-electron chi connectivity index (χ1n) is 3.29. The van der Waals surface area contributed by atoms with Crippen molar-refractivity contribution in [2.45, 2.75) is 38.2 Å². The molecule has 0 atom stereocenters. The average Bonchev–Trinajstić information content (AvgIpc) is 1.90. The molecule has 0 aliphatic heterocycles. The fourth-order valence-electron chi connectivity index (χ4n) is 1.20. The van der Waals surface area contributed by atoms with Gasteiger partial charge in [-0.25, -0.2) is 0 Å². The molecule has 0 aromatic heterocycles. The Morgan fingerprint density at radius 3 is 2.12 bits per heavy atom. The van der Waals surface area contributed by atoms with E-state index in [0.29, 0.717) is 6.10 Å². The molecule has 0 aromatic rings. The molecule has 1 nitrogen and oxygen atoms in total. The van der Waals surface area contributed by atoms with E-state index in [0.717, 1.165) is 31.5 Å². The summed E-state index contributed by atoms with van der Waals surface area (Å²) in [6.45, 7) is 0. The van der Waals surface area contributed by atoms with E-state index < -0.39 is 0 Å². The Labute approximate surface area is 71.4 Å². The van der Waals surface area contributed by atoms with Gasteiger partial charge in [0.05, 0.1) is 0 Å². The van der Waals surface area contributed by atoms with Crippen LogP contribution in [0.15, 0.2) is 0 Å². The van der Waals surface area contributed by atoms with Crippen LogP contribution in [0.5, 0.6) is 0 Å². The second-order valence-corrected chi connectivity index (χ2v) is 3.07. The van der Waals surface area contributed by atoms with Crippen molar-refractivity contribution in [3.63, 3.8) is 0 Å². The van der Waals surface area contributed by atoms with Gasteiger partial charge in [-0.2, -0.15) is 0 Å². The van der Waals surface area contributed by atoms with Gasteiger partial charge >= 0.3 is 71.7 Å². The van der Waals surface area contributed by atoms with Gasteiger partial charge in [0, 0.05) is 0 Å². The number of hydrogen-bond donors (Lipinski definition) is 0. The normalized spacial score (nSPS) is 23.4. The van der Waals surface area contributed by atoms with Crippen LogP contribution in [0.1, 0.15) is 32.1 Å². The van der Waals surface area contributed by atoms with Crippen molar-refractivity contribution in [1.29, 1.82) is 0 Å². The van der Waals surface area contributed by atoms with Crippen LogP contribution >= 0.6 is 0 Å². The molecule has 1 saturated carbocycles. The quantitative estimate of drug-likeness (QED) is 0.609. The van der Waals surface area contributed by atoms with Crippen LogP contribution in [0.2, 0.25) is 0 Å². The topological polar surface area (TPSA) is 9.23 Å². The van der Waals surface area contributed by atoms with E-state index in [1.165, 1.54) is 32.1 Å². The zero-order valence-electron chi connectivity index (χ0n) is 5.10. The number of hydrogen-bond acceptors (Lipinski definition) is 1. The van der Waals surface area contributed by atoms with E-state index >= 15 is 0 Å². The second-order valence-electron chi connectivity index (χ2n) is 2.40. The molecule has 8 heavy (non-hydrogen) atoms. The van der Waals surface area contributed by atoms with Crippen LogP contribution in [-0.2, 0) is 33.5 Å². The van der Waals surface area contributed by atoms with E-state index in [1.807, 2.05) is 0 Å². The molecule has 0 heterocycles. The predicted octanol–water partition coefficient (Wildman–Crippen LogP) is 1.80. The molecular weight excluding hydrogens is 177 g/mol. The van der Waals surface area contributed by atoms with Crippen molar-refractivity contribution in [3.8, 4) is 0 Å². The standard InChI is InChI=1S/C6H11O.Y/c7-6-4-2-1-3-5-6;/h6H,1-5H2;/q-1;+1. The number of rotatable bonds is 1. The van der Waals surface area contributed by atoms with Gasteiger partial charge in [-0.15, -0.1) is 0 Å². The Kier molecular flexibility index (Phi) is 3.56. The molecule has 2 heteroatoms. The molecule has 1 aliphatic rings. The first kappa shape index (κ1) is 7.17. The SMILES string of the molecule is [Y][O]C1CCCCC1. The first-order chi connectivity index (χ1) is 3.93. The zero-order chi connectivity index (χ0) is 5.82. The summed E-state index contributed by atoms with van der Waals surface area (Å²) >= 11 is 0.987. The summed E-state index contributed by atoms with van der Waals surface area (Å²) in [6.07, 6.45) is 7.51. The Balaban J connectivity index is 2.13. The molecule has 0 N–H and O–H groups in total. The monoisotopic (exact) mass is 188 g/mol. The molecule has 0 bridgehead atoms. The van der Waals surface area contributed by atoms with Gasteiger partial charge in [0.25, 0.3) is 0 Å². The van der Waals surface area contributed by atoms with Crippen LogP contribution in [0.25, 0.3) is 0 Å². The van der Waals surface area contributed by atoms with E-state index in [9.17, 15) is 0 Å². The van der Waals surface area contributed by atoms with Crippen LogP contribution in [0.3, 0.4) is 0 Å². The molecule has 0 amide bonds. The molecule has 1 aliphatic carbocycles. The van der Waals surface area contributed by atoms with Gasteiger partial charge in [-0.05, 0) is 0 Å². The van der Waals surface area contributed by atoms with Gasteiger partial charge < -0.3 is 0 Å². The summed E-state index contributed by atoms with van der Waals surface area (Å²) in [7, 11) is 0. The van der Waals surface area contributed by atoms with Crippen LogP contribution in [0, 0.1) is 0 Å². The molecule has 0 saturated heterocycles. The van der Waals surface area contributed by atoms with Crippen molar-refractivity contribution < 1.29 is 33.5 Å².